The Kier molecular flexibility index (Phi) is 8.02. The third-order valence-electron chi connectivity index (χ3n) is 7.36. The molecule has 0 spiro atoms. The lowest BCUT2D eigenvalue weighted by Gasteiger charge is -2.41. The van der Waals surface area contributed by atoms with E-state index in [0.717, 1.165) is 6.07 Å². The Morgan fingerprint density at radius 2 is 1.83 bits per heavy atom. The van der Waals surface area contributed by atoms with Crippen LogP contribution in [0, 0.1) is 17.6 Å². The molecular formula is C27H31F2N9O4. The number of hydrogen-bond donors (Lipinski definition) is 1. The van der Waals surface area contributed by atoms with Crippen molar-refractivity contribution in [3.63, 3.8) is 0 Å². The Morgan fingerprint density at radius 1 is 1.10 bits per heavy atom. The van der Waals surface area contributed by atoms with Gasteiger partial charge in [0.2, 0.25) is 0 Å². The Morgan fingerprint density at radius 3 is 2.50 bits per heavy atom. The zero-order chi connectivity index (χ0) is 30.0. The smallest absolute Gasteiger partial charge is 0.324 e. The second-order valence-electron chi connectivity index (χ2n) is 10.5. The number of rotatable bonds is 10. The number of tetrazole rings is 1. The fraction of sp³-hybridized carbons (Fsp3) is 0.407. The highest BCUT2D eigenvalue weighted by atomic mass is 19.1. The number of hydrogen-bond acceptors (Lipinski definition) is 10. The number of hydrazone groups is 1. The molecule has 0 bridgehead atoms. The molecule has 2 aromatic carbocycles. The predicted molar refractivity (Wildman–Crippen MR) is 146 cm³/mol. The topological polar surface area (TPSA) is 133 Å². The third-order valence-corrected chi connectivity index (χ3v) is 7.36. The first-order valence-corrected chi connectivity index (χ1v) is 13.4. The molecule has 13 nitrogen and oxygen atoms in total. The van der Waals surface area contributed by atoms with E-state index in [1.165, 1.54) is 33.3 Å². The summed E-state index contributed by atoms with van der Waals surface area (Å²) in [6.45, 7) is 5.49. The first kappa shape index (κ1) is 28.9. The number of nitrogens with zero attached hydrogens (tertiary/aromatic N) is 9. The molecule has 15 heteroatoms. The largest absolute Gasteiger partial charge is 0.444 e. The second kappa shape index (κ2) is 11.7. The van der Waals surface area contributed by atoms with Crippen LogP contribution in [0.15, 0.2) is 53.9 Å². The van der Waals surface area contributed by atoms with Crippen molar-refractivity contribution in [2.45, 2.75) is 32.4 Å². The summed E-state index contributed by atoms with van der Waals surface area (Å²) in [4.78, 5) is 30.1. The van der Waals surface area contributed by atoms with E-state index in [1.54, 1.807) is 54.8 Å². The van der Waals surface area contributed by atoms with E-state index in [2.05, 4.69) is 20.6 Å². The van der Waals surface area contributed by atoms with Crippen molar-refractivity contribution in [2.75, 3.05) is 37.9 Å². The van der Waals surface area contributed by atoms with Crippen LogP contribution in [0.2, 0.25) is 0 Å². The van der Waals surface area contributed by atoms with Gasteiger partial charge in [-0.15, -0.1) is 5.10 Å². The minimum absolute atomic E-state index is 0.0539. The average Bonchev–Trinajstić information content (AvgIpc) is 3.73. The molecule has 3 heterocycles. The van der Waals surface area contributed by atoms with E-state index < -0.39 is 23.3 Å². The van der Waals surface area contributed by atoms with Gasteiger partial charge in [-0.05, 0) is 47.7 Å². The van der Waals surface area contributed by atoms with E-state index in [1.807, 2.05) is 0 Å². The van der Waals surface area contributed by atoms with E-state index in [0.29, 0.717) is 24.0 Å². The fourth-order valence-electron chi connectivity index (χ4n) is 4.94. The van der Waals surface area contributed by atoms with Gasteiger partial charge in [-0.2, -0.15) is 5.10 Å². The SMILES string of the molecule is CC(C)C(=O)OCN1C=NN(C[C@](O)(c2ccc(F)cc2F)[C@@H](C)N2CCN(c3ccc(-n4cnnn4)cc3)C2=O)C1. The summed E-state index contributed by atoms with van der Waals surface area (Å²) in [5.74, 6) is -2.41. The Balaban J connectivity index is 1.34. The minimum atomic E-state index is -1.99. The van der Waals surface area contributed by atoms with Crippen LogP contribution in [0.25, 0.3) is 5.69 Å². The molecule has 1 N–H and O–H groups in total. The number of benzene rings is 2. The lowest BCUT2D eigenvalue weighted by atomic mass is 9.85. The maximum atomic E-state index is 15.2. The molecule has 42 heavy (non-hydrogen) atoms. The third kappa shape index (κ3) is 5.72. The van der Waals surface area contributed by atoms with Crippen molar-refractivity contribution in [3.8, 4) is 5.69 Å². The van der Waals surface area contributed by atoms with Crippen molar-refractivity contribution in [1.29, 1.82) is 0 Å². The van der Waals surface area contributed by atoms with Crippen molar-refractivity contribution in [2.24, 2.45) is 11.0 Å². The minimum Gasteiger partial charge on any atom is -0.444 e. The van der Waals surface area contributed by atoms with Gasteiger partial charge in [-0.25, -0.2) is 18.3 Å². The molecule has 0 radical (unpaired) electrons. The molecule has 0 saturated carbocycles. The number of carbonyl (C=O) groups excluding carboxylic acids is 2. The Bertz CT molecular complexity index is 1450. The molecule has 2 atom stereocenters. The summed E-state index contributed by atoms with van der Waals surface area (Å²) < 4.78 is 35.7. The zero-order valence-electron chi connectivity index (χ0n) is 23.3. The predicted octanol–water partition coefficient (Wildman–Crippen LogP) is 2.13. The van der Waals surface area contributed by atoms with E-state index in [-0.39, 0.29) is 50.0 Å². The number of ether oxygens (including phenoxy) is 1. The van der Waals surface area contributed by atoms with Crippen molar-refractivity contribution < 1.29 is 28.2 Å². The van der Waals surface area contributed by atoms with Gasteiger partial charge in [0.1, 0.15) is 36.6 Å². The fourth-order valence-corrected chi connectivity index (χ4v) is 4.94. The van der Waals surface area contributed by atoms with Crippen LogP contribution >= 0.6 is 0 Å². The van der Waals surface area contributed by atoms with E-state index in [4.69, 9.17) is 4.74 Å². The maximum absolute atomic E-state index is 15.2. The van der Waals surface area contributed by atoms with Gasteiger partial charge in [-0.1, -0.05) is 19.9 Å². The molecule has 0 aliphatic carbocycles. The van der Waals surface area contributed by atoms with Gasteiger partial charge in [0, 0.05) is 30.4 Å². The molecule has 2 aliphatic heterocycles. The quantitative estimate of drug-likeness (QED) is 0.357. The van der Waals surface area contributed by atoms with Gasteiger partial charge < -0.3 is 19.6 Å². The van der Waals surface area contributed by atoms with Crippen LogP contribution in [0.4, 0.5) is 19.3 Å². The molecule has 3 aromatic rings. The highest BCUT2D eigenvalue weighted by Crippen LogP contribution is 2.35. The number of aliphatic hydroxyl groups is 1. The highest BCUT2D eigenvalue weighted by Gasteiger charge is 2.47. The number of amides is 2. The van der Waals surface area contributed by atoms with E-state index in [9.17, 15) is 19.1 Å². The molecule has 1 saturated heterocycles. The summed E-state index contributed by atoms with van der Waals surface area (Å²) in [7, 11) is 0. The summed E-state index contributed by atoms with van der Waals surface area (Å²) in [6, 6.07) is 8.66. The highest BCUT2D eigenvalue weighted by molar-refractivity contribution is 5.94. The molecule has 1 fully saturated rings. The number of β-amino-alcohol motifs (C(OH)–C–C–N with tert-alkyl or cyclic N) is 1. The number of carbonyl (C=O) groups is 2. The summed E-state index contributed by atoms with van der Waals surface area (Å²) >= 11 is 0. The van der Waals surface area contributed by atoms with Crippen LogP contribution in [-0.4, -0.2) is 97.5 Å². The lowest BCUT2D eigenvalue weighted by molar-refractivity contribution is -0.151. The van der Waals surface area contributed by atoms with Crippen molar-refractivity contribution in [3.05, 3.63) is 66.0 Å². The maximum Gasteiger partial charge on any atom is 0.324 e. The summed E-state index contributed by atoms with van der Waals surface area (Å²) in [5, 5.41) is 29.0. The Labute approximate surface area is 240 Å². The first-order chi connectivity index (χ1) is 20.1. The molecule has 1 aromatic heterocycles. The average molecular weight is 584 g/mol. The van der Waals surface area contributed by atoms with Gasteiger partial charge in [0.05, 0.1) is 24.2 Å². The van der Waals surface area contributed by atoms with E-state index >= 15 is 4.39 Å². The normalized spacial score (nSPS) is 17.4. The van der Waals surface area contributed by atoms with Crippen molar-refractivity contribution in [1.82, 2.24) is 35.0 Å². The molecule has 222 valence electrons. The Hall–Kier alpha value is -4.66. The second-order valence-corrected chi connectivity index (χ2v) is 10.5. The molecule has 0 unspecified atom stereocenters. The molecular weight excluding hydrogens is 552 g/mol. The van der Waals surface area contributed by atoms with Gasteiger partial charge >= 0.3 is 12.0 Å². The first-order valence-electron chi connectivity index (χ1n) is 13.4. The number of esters is 1. The number of halogens is 2. The number of anilines is 1. The van der Waals surface area contributed by atoms with Crippen LogP contribution in [0.5, 0.6) is 0 Å². The van der Waals surface area contributed by atoms with Crippen LogP contribution in [-0.2, 0) is 15.1 Å². The van der Waals surface area contributed by atoms with Crippen LogP contribution in [0.3, 0.4) is 0 Å². The summed E-state index contributed by atoms with van der Waals surface area (Å²) in [5.41, 5.74) is -0.830. The number of urea groups is 1. The van der Waals surface area contributed by atoms with Crippen LogP contribution < -0.4 is 4.90 Å². The monoisotopic (exact) mass is 583 g/mol. The van der Waals surface area contributed by atoms with Gasteiger partial charge in [0.15, 0.2) is 6.73 Å². The lowest BCUT2D eigenvalue weighted by Crippen LogP contribution is -2.55. The van der Waals surface area contributed by atoms with Crippen molar-refractivity contribution >= 4 is 24.0 Å². The standard InChI is InChI=1S/C27H31F2N9O4/c1-18(2)25(39)42-17-34-15-31-35(16-34)13-27(41,23-9-4-20(28)12-24(23)29)19(3)36-10-11-37(26(36)40)21-5-7-22(8-6-21)38-14-30-32-33-38/h4-9,12,14-15,18-19,41H,10-11,13,16-17H2,1-3H3/t19-,27-/m1/s1. The molecule has 2 amide bonds. The molecule has 2 aliphatic rings. The summed E-state index contributed by atoms with van der Waals surface area (Å²) in [6.07, 6.45) is 2.90. The van der Waals surface area contributed by atoms with Crippen LogP contribution in [0.1, 0.15) is 26.3 Å². The zero-order valence-corrected chi connectivity index (χ0v) is 23.3. The number of aromatic nitrogens is 4. The van der Waals surface area contributed by atoms with Gasteiger partial charge in [-0.3, -0.25) is 14.7 Å². The van der Waals surface area contributed by atoms with Gasteiger partial charge in [0.25, 0.3) is 0 Å². The molecule has 5 rings (SSSR count).